The summed E-state index contributed by atoms with van der Waals surface area (Å²) in [6, 6.07) is 0. The minimum atomic E-state index is -1.05. The van der Waals surface area contributed by atoms with Gasteiger partial charge in [0.05, 0.1) is 19.4 Å². The molecule has 6 rings (SSSR count). The summed E-state index contributed by atoms with van der Waals surface area (Å²) in [6.45, 7) is 22.9. The van der Waals surface area contributed by atoms with Crippen LogP contribution in [0.2, 0.25) is 0 Å². The number of fused-ring (bicyclic) bond motifs is 7. The van der Waals surface area contributed by atoms with E-state index in [-0.39, 0.29) is 17.6 Å². The molecule has 0 amide bonds. The fourth-order valence-electron chi connectivity index (χ4n) is 9.16. The quantitative estimate of drug-likeness (QED) is 0.0538. The number of Topliss-reactive ketones (excluding diaryl/α,β-unsaturated/α-hetero) is 1. The number of esters is 1. The van der Waals surface area contributed by atoms with Gasteiger partial charge < -0.3 is 29.7 Å². The first-order chi connectivity index (χ1) is 26.4. The third-order valence-corrected chi connectivity index (χ3v) is 12.5. The van der Waals surface area contributed by atoms with Crippen LogP contribution in [0, 0.1) is 44.4 Å². The van der Waals surface area contributed by atoms with Gasteiger partial charge in [-0.15, -0.1) is 0 Å². The van der Waals surface area contributed by atoms with Crippen LogP contribution in [0.3, 0.4) is 0 Å². The number of aromatic nitrogens is 3. The van der Waals surface area contributed by atoms with Crippen LogP contribution in [-0.2, 0) is 20.7 Å². The number of ether oxygens (including phenoxy) is 2. The van der Waals surface area contributed by atoms with Crippen LogP contribution in [-0.4, -0.2) is 47.0 Å². The maximum atomic E-state index is 14.3. The van der Waals surface area contributed by atoms with Gasteiger partial charge in [-0.1, -0.05) is 71.3 Å². The second kappa shape index (κ2) is 17.1. The number of hydrogen-bond donors (Lipinski definition) is 4. The van der Waals surface area contributed by atoms with Crippen LogP contribution in [0.15, 0.2) is 29.6 Å². The van der Waals surface area contributed by atoms with E-state index in [0.717, 1.165) is 87.5 Å². The van der Waals surface area contributed by atoms with Gasteiger partial charge in [-0.05, 0) is 106 Å². The first-order valence-electron chi connectivity index (χ1n) is 20.5. The predicted molar refractivity (Wildman–Crippen MR) is 225 cm³/mol. The predicted octanol–water partition coefficient (Wildman–Crippen LogP) is 8.72. The molecule has 3 aromatic rings. The van der Waals surface area contributed by atoms with Crippen molar-refractivity contribution in [1.29, 1.82) is 0 Å². The number of nitrogens with one attached hydrogen (secondary N) is 4. The van der Waals surface area contributed by atoms with Gasteiger partial charge in [0.1, 0.15) is 5.92 Å². The van der Waals surface area contributed by atoms with Crippen molar-refractivity contribution in [3.63, 3.8) is 0 Å². The summed E-state index contributed by atoms with van der Waals surface area (Å²) in [7, 11) is 1.36. The SMILES string of the molecule is C=Cc1c2[nH]c(c1C)/C=C1\N/C(=C3\c4[nH]c(c(C)c4C(=O)[C@@H]3C(=O)OC)/C=c3\[nH]/c(c(C)c3CC)=C\2)[C@@H](CCCOC/C=C(\C)CCC[C@H](C)CCC)[C@@H]1C. The van der Waals surface area contributed by atoms with Crippen molar-refractivity contribution >= 4 is 41.6 Å². The normalized spacial score (nSPS) is 23.1. The third-order valence-electron chi connectivity index (χ3n) is 12.5. The lowest BCUT2D eigenvalue weighted by molar-refractivity contribution is -0.141. The largest absolute Gasteiger partial charge is 0.468 e. The Hall–Kier alpha value is -4.56. The zero-order valence-electron chi connectivity index (χ0n) is 34.6. The minimum Gasteiger partial charge on any atom is -0.468 e. The molecule has 294 valence electrons. The average Bonchev–Trinajstić information content (AvgIpc) is 3.90. The van der Waals surface area contributed by atoms with Crippen LogP contribution < -0.4 is 16.0 Å². The topological polar surface area (TPSA) is 112 Å². The lowest BCUT2D eigenvalue weighted by atomic mass is 9.85. The molecule has 0 radical (unpaired) electrons. The van der Waals surface area contributed by atoms with E-state index < -0.39 is 11.9 Å². The number of methoxy groups -OCH3 is 1. The van der Waals surface area contributed by atoms with Gasteiger partial charge in [-0.3, -0.25) is 9.59 Å². The Morgan fingerprint density at radius 2 is 1.71 bits per heavy atom. The van der Waals surface area contributed by atoms with E-state index in [1.54, 1.807) is 0 Å². The molecule has 2 aliphatic heterocycles. The summed E-state index contributed by atoms with van der Waals surface area (Å²) < 4.78 is 11.5. The molecule has 1 saturated heterocycles. The molecule has 3 aromatic heterocycles. The lowest BCUT2D eigenvalue weighted by Gasteiger charge is -2.20. The van der Waals surface area contributed by atoms with Gasteiger partial charge in [0, 0.05) is 74.3 Å². The molecule has 55 heavy (non-hydrogen) atoms. The van der Waals surface area contributed by atoms with E-state index in [4.69, 9.17) is 9.47 Å². The number of allylic oxidation sites excluding steroid dienone is 3. The Balaban J connectivity index is 1.40. The highest BCUT2D eigenvalue weighted by molar-refractivity contribution is 6.24. The van der Waals surface area contributed by atoms with Crippen LogP contribution >= 0.6 is 0 Å². The van der Waals surface area contributed by atoms with Gasteiger partial charge in [-0.2, -0.15) is 0 Å². The molecule has 8 heteroatoms. The standard InChI is InChI=1S/C47H62N4O4/c1-11-16-26(4)17-14-18-27(5)20-22-55-21-15-19-34-30(8)37-23-35-28(6)32(12-2)39(48-35)24-36-29(7)33(13-3)40(49-36)25-38-31(9)41-45(51-38)42(44(34)50-37)43(46(41)52)47(53)54-10/h12,20,23-26,30,34,43,48-51H,2,11,13-19,21-22H2,1,3-10H3/b27-20+,36-24-,37-23-,40-25-,44-42-/t26-,30+,34+,43-/m1/s1. The molecule has 5 heterocycles. The third kappa shape index (κ3) is 7.80. The lowest BCUT2D eigenvalue weighted by Crippen LogP contribution is -2.25. The highest BCUT2D eigenvalue weighted by atomic mass is 16.5. The number of carbonyl (C=O) groups is 2. The van der Waals surface area contributed by atoms with Crippen LogP contribution in [0.4, 0.5) is 0 Å². The molecule has 4 atom stereocenters. The fraction of sp³-hybridized carbons (Fsp3) is 0.489. The molecular weight excluding hydrogens is 685 g/mol. The molecule has 0 saturated carbocycles. The summed E-state index contributed by atoms with van der Waals surface area (Å²) in [5, 5.41) is 5.81. The molecule has 8 nitrogen and oxygen atoms in total. The molecule has 8 bridgehead atoms. The minimum absolute atomic E-state index is 0.0185. The second-order valence-corrected chi connectivity index (χ2v) is 16.1. The van der Waals surface area contributed by atoms with E-state index in [1.165, 1.54) is 49.5 Å². The van der Waals surface area contributed by atoms with Gasteiger partial charge >= 0.3 is 5.97 Å². The van der Waals surface area contributed by atoms with Gasteiger partial charge in [-0.25, -0.2) is 0 Å². The molecule has 0 aromatic carbocycles. The molecule has 1 fully saturated rings. The van der Waals surface area contributed by atoms with Crippen molar-refractivity contribution in [2.45, 2.75) is 107 Å². The molecule has 3 aliphatic rings. The Bertz CT molecular complexity index is 2180. The van der Waals surface area contributed by atoms with Crippen molar-refractivity contribution in [2.75, 3.05) is 20.3 Å². The Morgan fingerprint density at radius 3 is 2.42 bits per heavy atom. The van der Waals surface area contributed by atoms with Crippen molar-refractivity contribution < 1.29 is 19.1 Å². The highest BCUT2D eigenvalue weighted by Crippen LogP contribution is 2.48. The number of H-pyrrole nitrogens is 3. The smallest absolute Gasteiger partial charge is 0.321 e. The van der Waals surface area contributed by atoms with Crippen LogP contribution in [0.5, 0.6) is 0 Å². The van der Waals surface area contributed by atoms with E-state index in [0.29, 0.717) is 30.0 Å². The first kappa shape index (κ1) is 40.1. The number of ketones is 1. The van der Waals surface area contributed by atoms with E-state index in [1.807, 2.05) is 13.0 Å². The summed E-state index contributed by atoms with van der Waals surface area (Å²) >= 11 is 0. The van der Waals surface area contributed by atoms with Crippen LogP contribution in [0.1, 0.15) is 141 Å². The number of hydrogen-bond acceptors (Lipinski definition) is 5. The van der Waals surface area contributed by atoms with Crippen molar-refractivity contribution in [2.24, 2.45) is 23.7 Å². The van der Waals surface area contributed by atoms with Crippen molar-refractivity contribution in [1.82, 2.24) is 20.3 Å². The maximum Gasteiger partial charge on any atom is 0.321 e. The van der Waals surface area contributed by atoms with E-state index >= 15 is 0 Å². The summed E-state index contributed by atoms with van der Waals surface area (Å²) in [6.07, 6.45) is 19.3. The average molecular weight is 747 g/mol. The summed E-state index contributed by atoms with van der Waals surface area (Å²) in [5.41, 5.74) is 13.5. The van der Waals surface area contributed by atoms with E-state index in [2.05, 4.69) is 99.6 Å². The Labute approximate surface area is 327 Å². The zero-order chi connectivity index (χ0) is 39.6. The maximum absolute atomic E-state index is 14.3. The van der Waals surface area contributed by atoms with Crippen LogP contribution in [0.25, 0.3) is 29.9 Å². The van der Waals surface area contributed by atoms with Gasteiger partial charge in [0.15, 0.2) is 5.78 Å². The van der Waals surface area contributed by atoms with Gasteiger partial charge in [0.25, 0.3) is 0 Å². The molecule has 4 N–H and O–H groups in total. The second-order valence-electron chi connectivity index (χ2n) is 16.1. The molecule has 0 spiro atoms. The number of carbonyl (C=O) groups excluding carboxylic acids is 2. The van der Waals surface area contributed by atoms with Crippen molar-refractivity contribution in [3.05, 3.63) is 96.5 Å². The van der Waals surface area contributed by atoms with E-state index in [9.17, 15) is 9.59 Å². The molecule has 0 unspecified atom stereocenters. The monoisotopic (exact) mass is 746 g/mol. The fourth-order valence-corrected chi connectivity index (χ4v) is 9.16. The Morgan fingerprint density at radius 1 is 0.964 bits per heavy atom. The number of rotatable bonds is 15. The molecule has 1 aliphatic carbocycles. The summed E-state index contributed by atoms with van der Waals surface area (Å²) in [5.74, 6) is -0.916. The zero-order valence-corrected chi connectivity index (χ0v) is 34.6. The Kier molecular flexibility index (Phi) is 12.4. The van der Waals surface area contributed by atoms with Crippen molar-refractivity contribution in [3.8, 4) is 0 Å². The summed E-state index contributed by atoms with van der Waals surface area (Å²) in [4.78, 5) is 38.9. The molecular formula is C47H62N4O4. The first-order valence-corrected chi connectivity index (χ1v) is 20.5. The number of aromatic amines is 3. The van der Waals surface area contributed by atoms with Gasteiger partial charge in [0.2, 0.25) is 0 Å². The highest BCUT2D eigenvalue weighted by Gasteiger charge is 2.48.